The van der Waals surface area contributed by atoms with Crippen LogP contribution in [0.5, 0.6) is 5.88 Å². The van der Waals surface area contributed by atoms with Crippen LogP contribution in [0.25, 0.3) is 22.4 Å². The molecule has 0 radical (unpaired) electrons. The molecule has 0 unspecified atom stereocenters. The lowest BCUT2D eigenvalue weighted by Crippen LogP contribution is -1.99. The number of benzene rings is 1. The van der Waals surface area contributed by atoms with Gasteiger partial charge in [0.15, 0.2) is 5.82 Å². The van der Waals surface area contributed by atoms with Crippen molar-refractivity contribution in [3.63, 3.8) is 0 Å². The van der Waals surface area contributed by atoms with Gasteiger partial charge >= 0.3 is 5.76 Å². The van der Waals surface area contributed by atoms with Crippen LogP contribution < -0.4 is 10.5 Å². The first-order valence-electron chi connectivity index (χ1n) is 5.97. The van der Waals surface area contributed by atoms with E-state index in [1.165, 1.54) is 7.11 Å². The third-order valence-corrected chi connectivity index (χ3v) is 3.22. The van der Waals surface area contributed by atoms with E-state index in [0.717, 1.165) is 11.1 Å². The Kier molecular flexibility index (Phi) is 2.74. The summed E-state index contributed by atoms with van der Waals surface area (Å²) in [7, 11) is 1.52. The minimum absolute atomic E-state index is 0.337. The average Bonchev–Trinajstić information content (AvgIpc) is 2.86. The van der Waals surface area contributed by atoms with Gasteiger partial charge in [-0.3, -0.25) is 9.51 Å². The molecule has 0 aliphatic carbocycles. The Bertz CT molecular complexity index is 850. The molecule has 3 aromatic rings. The van der Waals surface area contributed by atoms with E-state index < -0.39 is 5.76 Å². The second kappa shape index (κ2) is 4.44. The molecular weight excluding hydrogens is 260 g/mol. The first kappa shape index (κ1) is 12.3. The van der Waals surface area contributed by atoms with Gasteiger partial charge in [0.25, 0.3) is 0 Å². The minimum atomic E-state index is -0.607. The molecule has 102 valence electrons. The standard InChI is InChI=1S/C13H12N4O3/c1-6-4-8-11(15-9(19-3)5-14-8)10(7(6)2)12-16-13(18)20-17-12/h4-5H,1-3H3,(H,16,17,18). The van der Waals surface area contributed by atoms with Crippen LogP contribution in [0.15, 0.2) is 21.6 Å². The van der Waals surface area contributed by atoms with Gasteiger partial charge in [0.1, 0.15) is 5.52 Å². The van der Waals surface area contributed by atoms with E-state index in [9.17, 15) is 4.79 Å². The summed E-state index contributed by atoms with van der Waals surface area (Å²) in [5.41, 5.74) is 3.97. The zero-order chi connectivity index (χ0) is 14.3. The van der Waals surface area contributed by atoms with Crippen LogP contribution >= 0.6 is 0 Å². The summed E-state index contributed by atoms with van der Waals surface area (Å²) in [6.07, 6.45) is 1.55. The van der Waals surface area contributed by atoms with E-state index in [1.54, 1.807) is 6.20 Å². The summed E-state index contributed by atoms with van der Waals surface area (Å²) in [5.74, 6) is 0.126. The number of aromatic nitrogens is 4. The van der Waals surface area contributed by atoms with Crippen molar-refractivity contribution in [2.75, 3.05) is 7.11 Å². The van der Waals surface area contributed by atoms with Crippen molar-refractivity contribution in [1.82, 2.24) is 20.1 Å². The maximum atomic E-state index is 11.2. The van der Waals surface area contributed by atoms with Gasteiger partial charge < -0.3 is 4.74 Å². The number of H-pyrrole nitrogens is 1. The number of methoxy groups -OCH3 is 1. The number of aromatic amines is 1. The fraction of sp³-hybridized carbons (Fsp3) is 0.231. The lowest BCUT2D eigenvalue weighted by atomic mass is 10.0. The van der Waals surface area contributed by atoms with Gasteiger partial charge in [-0.05, 0) is 31.0 Å². The van der Waals surface area contributed by atoms with Crippen molar-refractivity contribution in [2.24, 2.45) is 0 Å². The predicted molar refractivity (Wildman–Crippen MR) is 71.7 cm³/mol. The highest BCUT2D eigenvalue weighted by Gasteiger charge is 2.16. The van der Waals surface area contributed by atoms with Gasteiger partial charge in [0.2, 0.25) is 5.88 Å². The minimum Gasteiger partial charge on any atom is -0.480 e. The molecule has 0 aliphatic rings. The van der Waals surface area contributed by atoms with Gasteiger partial charge in [0, 0.05) is 0 Å². The Labute approximate surface area is 113 Å². The summed E-state index contributed by atoms with van der Waals surface area (Å²) >= 11 is 0. The maximum absolute atomic E-state index is 11.2. The van der Waals surface area contributed by atoms with Gasteiger partial charge in [-0.1, -0.05) is 5.16 Å². The number of hydrogen-bond acceptors (Lipinski definition) is 6. The SMILES string of the molecule is COc1cnc2cc(C)c(C)c(-c3noc(=O)[nH]3)c2n1. The van der Waals surface area contributed by atoms with Crippen LogP contribution in [0.1, 0.15) is 11.1 Å². The van der Waals surface area contributed by atoms with Crippen molar-refractivity contribution in [1.29, 1.82) is 0 Å². The molecular formula is C13H12N4O3. The Morgan fingerprint density at radius 2 is 2.15 bits per heavy atom. The lowest BCUT2D eigenvalue weighted by molar-refractivity contribution is 0.388. The number of aryl methyl sites for hydroxylation is 1. The number of hydrogen-bond donors (Lipinski definition) is 1. The second-order valence-electron chi connectivity index (χ2n) is 4.42. The molecule has 2 heterocycles. The first-order valence-corrected chi connectivity index (χ1v) is 5.97. The zero-order valence-corrected chi connectivity index (χ0v) is 11.2. The fourth-order valence-corrected chi connectivity index (χ4v) is 2.09. The topological polar surface area (TPSA) is 93.9 Å². The molecule has 1 aromatic carbocycles. The van der Waals surface area contributed by atoms with Crippen molar-refractivity contribution in [3.8, 4) is 17.3 Å². The van der Waals surface area contributed by atoms with Crippen molar-refractivity contribution in [2.45, 2.75) is 13.8 Å². The quantitative estimate of drug-likeness (QED) is 0.761. The molecule has 7 heteroatoms. The highest BCUT2D eigenvalue weighted by molar-refractivity contribution is 5.92. The number of fused-ring (bicyclic) bond motifs is 1. The molecule has 3 rings (SSSR count). The first-order chi connectivity index (χ1) is 9.60. The third-order valence-electron chi connectivity index (χ3n) is 3.22. The normalized spacial score (nSPS) is 10.9. The molecule has 0 saturated heterocycles. The van der Waals surface area contributed by atoms with E-state index in [4.69, 9.17) is 4.74 Å². The summed E-state index contributed by atoms with van der Waals surface area (Å²) in [6, 6.07) is 1.93. The van der Waals surface area contributed by atoms with Crippen LogP contribution in [-0.2, 0) is 0 Å². The maximum Gasteiger partial charge on any atom is 0.439 e. The van der Waals surface area contributed by atoms with Crippen molar-refractivity contribution in [3.05, 3.63) is 33.9 Å². The Morgan fingerprint density at radius 1 is 1.35 bits per heavy atom. The van der Waals surface area contributed by atoms with E-state index >= 15 is 0 Å². The van der Waals surface area contributed by atoms with E-state index in [1.807, 2.05) is 19.9 Å². The second-order valence-corrected chi connectivity index (χ2v) is 4.42. The Hall–Kier alpha value is -2.70. The van der Waals surface area contributed by atoms with Gasteiger partial charge in [0.05, 0.1) is 24.4 Å². The molecule has 7 nitrogen and oxygen atoms in total. The van der Waals surface area contributed by atoms with Crippen LogP contribution in [-0.4, -0.2) is 27.2 Å². The lowest BCUT2D eigenvalue weighted by Gasteiger charge is -2.10. The summed E-state index contributed by atoms with van der Waals surface area (Å²) in [6.45, 7) is 3.89. The third kappa shape index (κ3) is 1.83. The fourth-order valence-electron chi connectivity index (χ4n) is 2.09. The highest BCUT2D eigenvalue weighted by atomic mass is 16.5. The molecule has 0 atom stereocenters. The number of ether oxygens (including phenoxy) is 1. The van der Waals surface area contributed by atoms with E-state index in [-0.39, 0.29) is 0 Å². The molecule has 0 saturated carbocycles. The molecule has 0 fully saturated rings. The number of nitrogens with zero attached hydrogens (tertiary/aromatic N) is 3. The van der Waals surface area contributed by atoms with Gasteiger partial charge in [-0.15, -0.1) is 0 Å². The Morgan fingerprint density at radius 3 is 2.80 bits per heavy atom. The van der Waals surface area contributed by atoms with Gasteiger partial charge in [-0.25, -0.2) is 14.8 Å². The zero-order valence-electron chi connectivity index (χ0n) is 11.2. The smallest absolute Gasteiger partial charge is 0.439 e. The summed E-state index contributed by atoms with van der Waals surface area (Å²) < 4.78 is 9.68. The van der Waals surface area contributed by atoms with Crippen molar-refractivity contribution < 1.29 is 9.26 Å². The Balaban J connectivity index is 2.42. The monoisotopic (exact) mass is 272 g/mol. The summed E-state index contributed by atoms with van der Waals surface area (Å²) in [4.78, 5) is 22.4. The number of nitrogens with one attached hydrogen (secondary N) is 1. The largest absolute Gasteiger partial charge is 0.480 e. The van der Waals surface area contributed by atoms with Crippen molar-refractivity contribution >= 4 is 11.0 Å². The molecule has 0 aliphatic heterocycles. The van der Waals surface area contributed by atoms with Crippen LogP contribution in [0, 0.1) is 13.8 Å². The van der Waals surface area contributed by atoms with Crippen LogP contribution in [0.4, 0.5) is 0 Å². The molecule has 1 N–H and O–H groups in total. The van der Waals surface area contributed by atoms with E-state index in [0.29, 0.717) is 28.3 Å². The average molecular weight is 272 g/mol. The predicted octanol–water partition coefficient (Wildman–Crippen LogP) is 1.60. The molecule has 0 spiro atoms. The van der Waals surface area contributed by atoms with Crippen LogP contribution in [0.2, 0.25) is 0 Å². The highest BCUT2D eigenvalue weighted by Crippen LogP contribution is 2.30. The molecule has 2 aromatic heterocycles. The molecule has 0 amide bonds. The van der Waals surface area contributed by atoms with Gasteiger partial charge in [-0.2, -0.15) is 0 Å². The number of rotatable bonds is 2. The molecule has 0 bridgehead atoms. The van der Waals surface area contributed by atoms with E-state index in [2.05, 4.69) is 24.6 Å². The van der Waals surface area contributed by atoms with Crippen LogP contribution in [0.3, 0.4) is 0 Å². The summed E-state index contributed by atoms with van der Waals surface area (Å²) in [5, 5.41) is 3.74. The molecule has 20 heavy (non-hydrogen) atoms.